The third kappa shape index (κ3) is 7.63. The van der Waals surface area contributed by atoms with Crippen LogP contribution >= 0.6 is 0 Å². The Bertz CT molecular complexity index is 1740. The van der Waals surface area contributed by atoms with Crippen LogP contribution in [0.1, 0.15) is 83.3 Å². The zero-order valence-corrected chi connectivity index (χ0v) is 28.3. The number of aliphatic hydroxyl groups excluding tert-OH is 1. The molecule has 43 heavy (non-hydrogen) atoms. The average molecular weight is 753 g/mol. The molecule has 5 aromatic rings. The standard InChI is InChI=1S/C27H22NO.C11H20O2.Ir/c1-17-14-22-20-11-6-7-13-25(20)29-27(22)23(15-17)26-21-12-5-4-10-19(21)24(16-28-26)18-8-2-3-9-18;1-8(2)5-10(12)7-11(13)6-9(3)4;/h4-7,10-14,16,18H,2-3,8-9H2,1H3;7-9,12H,5-6H2,1-4H3;/q-1;;/b;10-7-;. The van der Waals surface area contributed by atoms with Crippen molar-refractivity contribution in [1.29, 1.82) is 0 Å². The van der Waals surface area contributed by atoms with Gasteiger partial charge in [0.2, 0.25) is 0 Å². The van der Waals surface area contributed by atoms with Gasteiger partial charge in [0.25, 0.3) is 0 Å². The Hall–Kier alpha value is -3.27. The van der Waals surface area contributed by atoms with E-state index in [2.05, 4.69) is 61.7 Å². The van der Waals surface area contributed by atoms with Gasteiger partial charge in [-0.15, -0.1) is 17.7 Å². The summed E-state index contributed by atoms with van der Waals surface area (Å²) in [6, 6.07) is 22.6. The molecule has 0 aliphatic heterocycles. The van der Waals surface area contributed by atoms with E-state index in [4.69, 9.17) is 9.40 Å². The van der Waals surface area contributed by atoms with Crippen LogP contribution in [0.5, 0.6) is 0 Å². The smallest absolute Gasteiger partial charge is 0.159 e. The first-order valence-electron chi connectivity index (χ1n) is 15.4. The quantitative estimate of drug-likeness (QED) is 0.102. The van der Waals surface area contributed by atoms with E-state index in [1.54, 1.807) is 0 Å². The van der Waals surface area contributed by atoms with Crippen LogP contribution in [0.15, 0.2) is 77.0 Å². The van der Waals surface area contributed by atoms with Crippen molar-refractivity contribution >= 4 is 38.5 Å². The number of furan rings is 1. The number of pyridine rings is 1. The van der Waals surface area contributed by atoms with Crippen LogP contribution in [0.25, 0.3) is 44.0 Å². The molecule has 1 N–H and O–H groups in total. The number of allylic oxidation sites excluding steroid dienone is 2. The molecule has 6 rings (SSSR count). The maximum absolute atomic E-state index is 11.2. The molecule has 1 aliphatic carbocycles. The number of aryl methyl sites for hydroxylation is 1. The second-order valence-corrected chi connectivity index (χ2v) is 12.6. The van der Waals surface area contributed by atoms with Crippen molar-refractivity contribution in [3.05, 3.63) is 89.8 Å². The van der Waals surface area contributed by atoms with E-state index in [1.807, 2.05) is 39.8 Å². The summed E-state index contributed by atoms with van der Waals surface area (Å²) >= 11 is 0. The van der Waals surface area contributed by atoms with Gasteiger partial charge in [-0.1, -0.05) is 101 Å². The number of carbonyl (C=O) groups excluding carboxylic acids is 1. The van der Waals surface area contributed by atoms with E-state index >= 15 is 0 Å². The topological polar surface area (TPSA) is 63.3 Å². The van der Waals surface area contributed by atoms with E-state index in [9.17, 15) is 9.90 Å². The van der Waals surface area contributed by atoms with Gasteiger partial charge in [0.05, 0.1) is 11.3 Å². The molecule has 5 heteroatoms. The first-order chi connectivity index (χ1) is 20.2. The Kier molecular flexibility index (Phi) is 11.0. The van der Waals surface area contributed by atoms with E-state index in [-0.39, 0.29) is 31.6 Å². The van der Waals surface area contributed by atoms with Crippen LogP contribution in [-0.2, 0) is 24.9 Å². The Balaban J connectivity index is 0.000000260. The number of para-hydroxylation sites is 1. The average Bonchev–Trinajstić information content (AvgIpc) is 3.60. The summed E-state index contributed by atoms with van der Waals surface area (Å²) in [7, 11) is 0. The molecule has 1 fully saturated rings. The second-order valence-electron chi connectivity index (χ2n) is 12.6. The molecule has 2 aromatic heterocycles. The molecular weight excluding hydrogens is 711 g/mol. The molecule has 1 radical (unpaired) electrons. The number of hydrogen-bond donors (Lipinski definition) is 1. The van der Waals surface area contributed by atoms with E-state index < -0.39 is 0 Å². The summed E-state index contributed by atoms with van der Waals surface area (Å²) in [5, 5.41) is 14.1. The molecule has 2 heterocycles. The van der Waals surface area contributed by atoms with Crippen molar-refractivity contribution in [2.45, 2.75) is 79.1 Å². The van der Waals surface area contributed by atoms with E-state index in [0.717, 1.165) is 38.8 Å². The first kappa shape index (κ1) is 32.6. The SMILES string of the molecule is CC(C)CC(=O)/C=C(\O)CC(C)C.Cc1[c-]c(-c2ncc(C3CCCC3)c3ccccc23)c2oc3ccccc3c2c1.[Ir]. The molecule has 1 aliphatic rings. The van der Waals surface area contributed by atoms with Gasteiger partial charge < -0.3 is 14.5 Å². The van der Waals surface area contributed by atoms with Gasteiger partial charge in [-0.3, -0.25) is 4.79 Å². The molecule has 0 bridgehead atoms. The molecule has 1 saturated carbocycles. The summed E-state index contributed by atoms with van der Waals surface area (Å²) in [5.74, 6) is 1.61. The minimum Gasteiger partial charge on any atom is -0.512 e. The summed E-state index contributed by atoms with van der Waals surface area (Å²) in [6.07, 6.45) is 9.77. The number of carbonyl (C=O) groups is 1. The number of ketones is 1. The summed E-state index contributed by atoms with van der Waals surface area (Å²) in [4.78, 5) is 16.2. The molecule has 3 aromatic carbocycles. The Morgan fingerprint density at radius 3 is 2.26 bits per heavy atom. The first-order valence-corrected chi connectivity index (χ1v) is 15.4. The third-order valence-corrected chi connectivity index (χ3v) is 7.96. The predicted octanol–water partition coefficient (Wildman–Crippen LogP) is 10.7. The van der Waals surface area contributed by atoms with Crippen LogP contribution in [-0.4, -0.2) is 15.9 Å². The minimum absolute atomic E-state index is 0. The van der Waals surface area contributed by atoms with Crippen molar-refractivity contribution in [3.8, 4) is 11.3 Å². The van der Waals surface area contributed by atoms with E-state index in [0.29, 0.717) is 30.6 Å². The van der Waals surface area contributed by atoms with Gasteiger partial charge >= 0.3 is 0 Å². The second kappa shape index (κ2) is 14.5. The van der Waals surface area contributed by atoms with Crippen molar-refractivity contribution in [2.24, 2.45) is 11.8 Å². The fraction of sp³-hybridized carbons (Fsp3) is 0.368. The molecular formula is C38H42IrNO3-. The third-order valence-electron chi connectivity index (χ3n) is 7.96. The molecule has 0 unspecified atom stereocenters. The fourth-order valence-electron chi connectivity index (χ4n) is 6.17. The molecule has 0 saturated heterocycles. The fourth-order valence-corrected chi connectivity index (χ4v) is 6.17. The van der Waals surface area contributed by atoms with Crippen molar-refractivity contribution < 1.29 is 34.4 Å². The maximum Gasteiger partial charge on any atom is 0.159 e. The van der Waals surface area contributed by atoms with Crippen LogP contribution in [0.3, 0.4) is 0 Å². The number of nitrogens with zero attached hydrogens (tertiary/aromatic N) is 1. The van der Waals surface area contributed by atoms with Gasteiger partial charge in [0, 0.05) is 50.6 Å². The van der Waals surface area contributed by atoms with Crippen molar-refractivity contribution in [3.63, 3.8) is 0 Å². The zero-order valence-electron chi connectivity index (χ0n) is 25.9. The van der Waals surface area contributed by atoms with Crippen LogP contribution < -0.4 is 0 Å². The predicted molar refractivity (Wildman–Crippen MR) is 174 cm³/mol. The summed E-state index contributed by atoms with van der Waals surface area (Å²) < 4.78 is 6.30. The number of rotatable bonds is 7. The molecule has 0 amide bonds. The van der Waals surface area contributed by atoms with Gasteiger partial charge in [-0.2, -0.15) is 0 Å². The molecule has 4 nitrogen and oxygen atoms in total. The Morgan fingerprint density at radius 1 is 0.953 bits per heavy atom. The number of fused-ring (bicyclic) bond motifs is 4. The van der Waals surface area contributed by atoms with Crippen LogP contribution in [0.4, 0.5) is 0 Å². The number of aliphatic hydroxyl groups is 1. The van der Waals surface area contributed by atoms with Crippen molar-refractivity contribution in [1.82, 2.24) is 4.98 Å². The van der Waals surface area contributed by atoms with Crippen molar-refractivity contribution in [2.75, 3.05) is 0 Å². The normalized spacial score (nSPS) is 14.0. The molecule has 0 atom stereocenters. The molecule has 227 valence electrons. The van der Waals surface area contributed by atoms with Gasteiger partial charge in [-0.05, 0) is 58.7 Å². The van der Waals surface area contributed by atoms with Gasteiger partial charge in [0.15, 0.2) is 5.78 Å². The monoisotopic (exact) mass is 753 g/mol. The van der Waals surface area contributed by atoms with Gasteiger partial charge in [-0.25, -0.2) is 0 Å². The van der Waals surface area contributed by atoms with Crippen LogP contribution in [0, 0.1) is 24.8 Å². The number of benzene rings is 3. The number of aromatic nitrogens is 1. The minimum atomic E-state index is 0. The Labute approximate surface area is 268 Å². The summed E-state index contributed by atoms with van der Waals surface area (Å²) in [6.45, 7) is 10.1. The molecule has 0 spiro atoms. The Morgan fingerprint density at radius 2 is 1.58 bits per heavy atom. The number of hydrogen-bond acceptors (Lipinski definition) is 4. The van der Waals surface area contributed by atoms with E-state index in [1.165, 1.54) is 48.1 Å². The van der Waals surface area contributed by atoms with Crippen LogP contribution in [0.2, 0.25) is 0 Å². The maximum atomic E-state index is 11.2. The zero-order chi connectivity index (χ0) is 29.8. The largest absolute Gasteiger partial charge is 0.512 e. The van der Waals surface area contributed by atoms with Gasteiger partial charge in [0.1, 0.15) is 5.58 Å². The summed E-state index contributed by atoms with van der Waals surface area (Å²) in [5.41, 5.74) is 6.22.